The van der Waals surface area contributed by atoms with Crippen LogP contribution in [-0.4, -0.2) is 34.4 Å². The molecular formula is C13H22N4O3. The first-order valence-electron chi connectivity index (χ1n) is 7.05. The number of nitrogens with one attached hydrogen (secondary N) is 1. The normalized spacial score (nSPS) is 18.7. The van der Waals surface area contributed by atoms with E-state index in [0.717, 1.165) is 25.9 Å². The summed E-state index contributed by atoms with van der Waals surface area (Å²) in [7, 11) is 1.69. The summed E-state index contributed by atoms with van der Waals surface area (Å²) >= 11 is 0. The number of aryl methyl sites for hydroxylation is 1. The van der Waals surface area contributed by atoms with Crippen molar-refractivity contribution in [3.05, 3.63) is 15.8 Å². The maximum atomic E-state index is 11.2. The van der Waals surface area contributed by atoms with E-state index < -0.39 is 4.92 Å². The van der Waals surface area contributed by atoms with Crippen LogP contribution in [0.15, 0.2) is 0 Å². The van der Waals surface area contributed by atoms with E-state index in [4.69, 9.17) is 4.74 Å². The van der Waals surface area contributed by atoms with Gasteiger partial charge in [0.2, 0.25) is 0 Å². The van der Waals surface area contributed by atoms with Gasteiger partial charge in [-0.3, -0.25) is 10.1 Å². The predicted octanol–water partition coefficient (Wildman–Crippen LogP) is 1.83. The molecule has 0 amide bonds. The average molecular weight is 282 g/mol. The van der Waals surface area contributed by atoms with E-state index in [1.54, 1.807) is 7.05 Å². The largest absolute Gasteiger partial charge is 0.473 e. The van der Waals surface area contributed by atoms with Gasteiger partial charge in [-0.15, -0.1) is 0 Å². The van der Waals surface area contributed by atoms with Gasteiger partial charge < -0.3 is 10.1 Å². The van der Waals surface area contributed by atoms with Crippen molar-refractivity contribution in [2.75, 3.05) is 19.7 Å². The zero-order valence-electron chi connectivity index (χ0n) is 12.3. The number of nitro groups is 1. The standard InChI is InChI=1S/C13H22N4O3/c1-9(2)11-12(17(18)19)13(16(3)15-11)20-7-5-10-4-6-14-8-10/h9-10,14H,4-8H2,1-3H3. The molecule has 1 aliphatic heterocycles. The lowest BCUT2D eigenvalue weighted by Gasteiger charge is -2.09. The first-order chi connectivity index (χ1) is 9.50. The third kappa shape index (κ3) is 3.09. The molecule has 0 aliphatic carbocycles. The van der Waals surface area contributed by atoms with Gasteiger partial charge >= 0.3 is 5.69 Å². The van der Waals surface area contributed by atoms with Crippen molar-refractivity contribution in [3.8, 4) is 5.88 Å². The van der Waals surface area contributed by atoms with Crippen molar-refractivity contribution in [1.82, 2.24) is 15.1 Å². The number of rotatable bonds is 6. The topological polar surface area (TPSA) is 82.2 Å². The Hall–Kier alpha value is -1.63. The molecule has 7 nitrogen and oxygen atoms in total. The first kappa shape index (κ1) is 14.8. The minimum Gasteiger partial charge on any atom is -0.473 e. The fourth-order valence-electron chi connectivity index (χ4n) is 2.52. The molecule has 0 radical (unpaired) electrons. The Morgan fingerprint density at radius 1 is 1.60 bits per heavy atom. The van der Waals surface area contributed by atoms with Gasteiger partial charge in [0, 0.05) is 13.0 Å². The van der Waals surface area contributed by atoms with Crippen LogP contribution in [-0.2, 0) is 7.05 Å². The van der Waals surface area contributed by atoms with Crippen LogP contribution in [0.1, 0.15) is 38.3 Å². The highest BCUT2D eigenvalue weighted by Crippen LogP contribution is 2.34. The van der Waals surface area contributed by atoms with Crippen LogP contribution in [0.5, 0.6) is 5.88 Å². The van der Waals surface area contributed by atoms with Crippen molar-refractivity contribution in [1.29, 1.82) is 0 Å². The fourth-order valence-corrected chi connectivity index (χ4v) is 2.52. The molecule has 112 valence electrons. The Balaban J connectivity index is 2.07. The molecule has 1 aromatic rings. The molecule has 0 aromatic carbocycles. The van der Waals surface area contributed by atoms with E-state index in [2.05, 4.69) is 10.4 Å². The van der Waals surface area contributed by atoms with E-state index in [0.29, 0.717) is 18.2 Å². The molecule has 0 bridgehead atoms. The molecule has 7 heteroatoms. The lowest BCUT2D eigenvalue weighted by Crippen LogP contribution is -2.12. The summed E-state index contributed by atoms with van der Waals surface area (Å²) in [5.74, 6) is 0.870. The summed E-state index contributed by atoms with van der Waals surface area (Å²) in [6, 6.07) is 0. The molecule has 1 aliphatic rings. The Morgan fingerprint density at radius 3 is 2.90 bits per heavy atom. The molecule has 0 saturated carbocycles. The Bertz CT molecular complexity index is 478. The molecule has 1 aromatic heterocycles. The second-order valence-electron chi connectivity index (χ2n) is 5.57. The van der Waals surface area contributed by atoms with Crippen LogP contribution < -0.4 is 10.1 Å². The van der Waals surface area contributed by atoms with Crippen molar-refractivity contribution in [3.63, 3.8) is 0 Å². The summed E-state index contributed by atoms with van der Waals surface area (Å²) in [5, 5.41) is 18.8. The minimum atomic E-state index is -0.394. The lowest BCUT2D eigenvalue weighted by molar-refractivity contribution is -0.386. The Labute approximate surface area is 118 Å². The highest BCUT2D eigenvalue weighted by molar-refractivity contribution is 5.47. The highest BCUT2D eigenvalue weighted by atomic mass is 16.6. The van der Waals surface area contributed by atoms with Crippen molar-refractivity contribution < 1.29 is 9.66 Å². The molecule has 1 saturated heterocycles. The average Bonchev–Trinajstić information content (AvgIpc) is 2.98. The van der Waals surface area contributed by atoms with Gasteiger partial charge in [0.1, 0.15) is 5.69 Å². The second-order valence-corrected chi connectivity index (χ2v) is 5.57. The second kappa shape index (κ2) is 6.21. The molecular weight excluding hydrogens is 260 g/mol. The van der Waals surface area contributed by atoms with Gasteiger partial charge in [-0.2, -0.15) is 5.10 Å². The molecule has 1 N–H and O–H groups in total. The van der Waals surface area contributed by atoms with E-state index in [9.17, 15) is 10.1 Å². The van der Waals surface area contributed by atoms with Crippen LogP contribution in [0, 0.1) is 16.0 Å². The molecule has 0 spiro atoms. The number of hydrogen-bond donors (Lipinski definition) is 1. The van der Waals surface area contributed by atoms with E-state index >= 15 is 0 Å². The van der Waals surface area contributed by atoms with Crippen LogP contribution in [0.25, 0.3) is 0 Å². The number of aromatic nitrogens is 2. The van der Waals surface area contributed by atoms with E-state index in [-0.39, 0.29) is 17.5 Å². The van der Waals surface area contributed by atoms with Gasteiger partial charge in [-0.1, -0.05) is 13.8 Å². The molecule has 2 rings (SSSR count). The third-order valence-electron chi connectivity index (χ3n) is 3.65. The Morgan fingerprint density at radius 2 is 2.35 bits per heavy atom. The summed E-state index contributed by atoms with van der Waals surface area (Å²) in [6.45, 7) is 6.33. The zero-order chi connectivity index (χ0) is 14.7. The molecule has 20 heavy (non-hydrogen) atoms. The number of hydrogen-bond acceptors (Lipinski definition) is 5. The predicted molar refractivity (Wildman–Crippen MR) is 75.0 cm³/mol. The fraction of sp³-hybridized carbons (Fsp3) is 0.769. The Kier molecular flexibility index (Phi) is 4.59. The van der Waals surface area contributed by atoms with Gasteiger partial charge in [-0.05, 0) is 31.8 Å². The summed E-state index contributed by atoms with van der Waals surface area (Å²) in [4.78, 5) is 10.8. The molecule has 1 unspecified atom stereocenters. The lowest BCUT2D eigenvalue weighted by atomic mass is 10.1. The SMILES string of the molecule is CC(C)c1nn(C)c(OCCC2CCNC2)c1[N+](=O)[O-]. The minimum absolute atomic E-state index is 0.00187. The summed E-state index contributed by atoms with van der Waals surface area (Å²) < 4.78 is 7.13. The van der Waals surface area contributed by atoms with Crippen LogP contribution in [0.3, 0.4) is 0 Å². The van der Waals surface area contributed by atoms with Crippen LogP contribution in [0.4, 0.5) is 5.69 Å². The quantitative estimate of drug-likeness (QED) is 0.636. The van der Waals surface area contributed by atoms with E-state index in [1.807, 2.05) is 13.8 Å². The van der Waals surface area contributed by atoms with Gasteiger partial charge in [0.15, 0.2) is 0 Å². The van der Waals surface area contributed by atoms with Crippen LogP contribution >= 0.6 is 0 Å². The highest BCUT2D eigenvalue weighted by Gasteiger charge is 2.30. The van der Waals surface area contributed by atoms with Gasteiger partial charge in [0.05, 0.1) is 11.5 Å². The summed E-state index contributed by atoms with van der Waals surface area (Å²) in [5.41, 5.74) is 0.488. The van der Waals surface area contributed by atoms with Crippen LogP contribution in [0.2, 0.25) is 0 Å². The number of ether oxygens (including phenoxy) is 1. The van der Waals surface area contributed by atoms with Crippen molar-refractivity contribution in [2.24, 2.45) is 13.0 Å². The first-order valence-corrected chi connectivity index (χ1v) is 7.05. The van der Waals surface area contributed by atoms with Gasteiger partial charge in [-0.25, -0.2) is 4.68 Å². The number of nitrogens with zero attached hydrogens (tertiary/aromatic N) is 3. The molecule has 2 heterocycles. The van der Waals surface area contributed by atoms with Crippen molar-refractivity contribution in [2.45, 2.75) is 32.6 Å². The smallest absolute Gasteiger partial charge is 0.353 e. The third-order valence-corrected chi connectivity index (χ3v) is 3.65. The van der Waals surface area contributed by atoms with Gasteiger partial charge in [0.25, 0.3) is 5.88 Å². The molecule has 1 atom stereocenters. The summed E-state index contributed by atoms with van der Waals surface area (Å²) in [6.07, 6.45) is 2.06. The zero-order valence-corrected chi connectivity index (χ0v) is 12.3. The maximum Gasteiger partial charge on any atom is 0.353 e. The van der Waals surface area contributed by atoms with Crippen molar-refractivity contribution >= 4 is 5.69 Å². The van der Waals surface area contributed by atoms with E-state index in [1.165, 1.54) is 4.68 Å². The molecule has 1 fully saturated rings. The maximum absolute atomic E-state index is 11.2. The monoisotopic (exact) mass is 282 g/mol.